The highest BCUT2D eigenvalue weighted by Crippen LogP contribution is 2.41. The summed E-state index contributed by atoms with van der Waals surface area (Å²) in [5.41, 5.74) is 5.39. The van der Waals surface area contributed by atoms with Gasteiger partial charge in [0.05, 0.1) is 5.92 Å². The van der Waals surface area contributed by atoms with Crippen molar-refractivity contribution in [2.75, 3.05) is 0 Å². The van der Waals surface area contributed by atoms with Gasteiger partial charge in [-0.15, -0.1) is 6.58 Å². The zero-order valence-electron chi connectivity index (χ0n) is 19.0. The average molecular weight is 442 g/mol. The lowest BCUT2D eigenvalue weighted by atomic mass is 9.82. The molecule has 1 heterocycles. The molecule has 0 aliphatic rings. The van der Waals surface area contributed by atoms with Crippen molar-refractivity contribution in [2.24, 2.45) is 0 Å². The number of oxazole rings is 1. The highest BCUT2D eigenvalue weighted by molar-refractivity contribution is 5.76. The van der Waals surface area contributed by atoms with E-state index in [0.29, 0.717) is 0 Å². The molecule has 0 fully saturated rings. The van der Waals surface area contributed by atoms with E-state index in [0.717, 1.165) is 34.9 Å². The van der Waals surface area contributed by atoms with Gasteiger partial charge in [0.25, 0.3) is 0 Å². The van der Waals surface area contributed by atoms with Gasteiger partial charge in [-0.25, -0.2) is 4.98 Å². The maximum Gasteiger partial charge on any atom is 0.199 e. The van der Waals surface area contributed by atoms with E-state index >= 15 is 0 Å². The van der Waals surface area contributed by atoms with Crippen molar-refractivity contribution >= 4 is 0 Å². The van der Waals surface area contributed by atoms with Crippen molar-refractivity contribution in [1.82, 2.24) is 4.98 Å². The maximum atomic E-state index is 6.64. The number of rotatable bonds is 8. The number of benzene rings is 4. The molecular weight excluding hydrogens is 414 g/mol. The van der Waals surface area contributed by atoms with Gasteiger partial charge in [0, 0.05) is 17.0 Å². The summed E-state index contributed by atoms with van der Waals surface area (Å²) in [7, 11) is 0. The molecule has 0 aliphatic carbocycles. The molecule has 0 radical (unpaired) electrons. The third kappa shape index (κ3) is 4.62. The van der Waals surface area contributed by atoms with Gasteiger partial charge < -0.3 is 4.42 Å². The minimum atomic E-state index is 0.00206. The normalized spacial score (nSPS) is 12.7. The fourth-order valence-corrected chi connectivity index (χ4v) is 4.52. The Morgan fingerprint density at radius 1 is 0.676 bits per heavy atom. The highest BCUT2D eigenvalue weighted by Gasteiger charge is 2.29. The molecule has 0 amide bonds. The second-order valence-corrected chi connectivity index (χ2v) is 8.43. The predicted molar refractivity (Wildman–Crippen MR) is 140 cm³/mol. The van der Waals surface area contributed by atoms with Crippen LogP contribution >= 0.6 is 0 Å². The van der Waals surface area contributed by atoms with Crippen LogP contribution in [-0.2, 0) is 6.42 Å². The molecule has 0 aliphatic heterocycles. The van der Waals surface area contributed by atoms with E-state index in [4.69, 9.17) is 9.40 Å². The fraction of sp³-hybridized carbons (Fsp3) is 0.0938. The monoisotopic (exact) mass is 441 g/mol. The Morgan fingerprint density at radius 3 is 1.79 bits per heavy atom. The molecule has 166 valence electrons. The number of allylic oxidation sites excluding steroid dienone is 1. The van der Waals surface area contributed by atoms with Crippen LogP contribution in [0.25, 0.3) is 22.6 Å². The standard InChI is InChI=1S/C32H27NO/c1-2-28(25-17-9-4-10-18-25)29(23-24-15-7-3-8-16-24)32-33-30(26-19-11-5-12-20-26)31(34-32)27-21-13-6-14-22-27/h2-22,28-29H,1,23H2. The largest absolute Gasteiger partial charge is 0.440 e. The first kappa shape index (κ1) is 21.7. The van der Waals surface area contributed by atoms with Crippen LogP contribution in [0.1, 0.15) is 28.9 Å². The van der Waals surface area contributed by atoms with Gasteiger partial charge in [-0.2, -0.15) is 0 Å². The molecule has 0 saturated heterocycles. The van der Waals surface area contributed by atoms with Crippen LogP contribution < -0.4 is 0 Å². The second-order valence-electron chi connectivity index (χ2n) is 8.43. The molecule has 0 N–H and O–H groups in total. The van der Waals surface area contributed by atoms with E-state index < -0.39 is 0 Å². The molecule has 1 aromatic heterocycles. The molecule has 2 atom stereocenters. The molecule has 2 heteroatoms. The summed E-state index contributed by atoms with van der Waals surface area (Å²) in [5.74, 6) is 1.60. The first-order valence-corrected chi connectivity index (χ1v) is 11.7. The third-order valence-corrected chi connectivity index (χ3v) is 6.21. The first-order valence-electron chi connectivity index (χ1n) is 11.7. The Bertz CT molecular complexity index is 1270. The summed E-state index contributed by atoms with van der Waals surface area (Å²) in [5, 5.41) is 0. The number of nitrogens with zero attached hydrogens (tertiary/aromatic N) is 1. The molecule has 0 saturated carbocycles. The predicted octanol–water partition coefficient (Wildman–Crippen LogP) is 8.30. The summed E-state index contributed by atoms with van der Waals surface area (Å²) in [6.45, 7) is 4.20. The van der Waals surface area contributed by atoms with Crippen LogP contribution in [0.15, 0.2) is 138 Å². The average Bonchev–Trinajstić information content (AvgIpc) is 3.36. The van der Waals surface area contributed by atoms with Crippen molar-refractivity contribution in [3.8, 4) is 22.6 Å². The van der Waals surface area contributed by atoms with Crippen LogP contribution in [0, 0.1) is 0 Å². The van der Waals surface area contributed by atoms with Crippen molar-refractivity contribution in [1.29, 1.82) is 0 Å². The molecule has 2 nitrogen and oxygen atoms in total. The van der Waals surface area contributed by atoms with Gasteiger partial charge in [0.2, 0.25) is 0 Å². The Hall–Kier alpha value is -4.17. The summed E-state index contributed by atoms with van der Waals surface area (Å²) >= 11 is 0. The topological polar surface area (TPSA) is 26.0 Å². The van der Waals surface area contributed by atoms with Crippen molar-refractivity contribution in [2.45, 2.75) is 18.3 Å². The zero-order chi connectivity index (χ0) is 23.2. The van der Waals surface area contributed by atoms with Crippen molar-refractivity contribution in [3.63, 3.8) is 0 Å². The number of hydrogen-bond donors (Lipinski definition) is 0. The molecule has 4 aromatic carbocycles. The van der Waals surface area contributed by atoms with Gasteiger partial charge in [-0.1, -0.05) is 127 Å². The van der Waals surface area contributed by atoms with Crippen LogP contribution in [-0.4, -0.2) is 4.98 Å². The Kier molecular flexibility index (Phi) is 6.49. The van der Waals surface area contributed by atoms with Crippen LogP contribution in [0.4, 0.5) is 0 Å². The van der Waals surface area contributed by atoms with E-state index in [9.17, 15) is 0 Å². The highest BCUT2D eigenvalue weighted by atomic mass is 16.4. The number of aromatic nitrogens is 1. The summed E-state index contributed by atoms with van der Waals surface area (Å²) in [6.07, 6.45) is 2.83. The van der Waals surface area contributed by atoms with Crippen molar-refractivity contribution in [3.05, 3.63) is 151 Å². The SMILES string of the molecule is C=CC(c1ccccc1)C(Cc1ccccc1)c1nc(-c2ccccc2)c(-c2ccccc2)o1. The quantitative estimate of drug-likeness (QED) is 0.226. The molecule has 5 aromatic rings. The summed E-state index contributed by atoms with van der Waals surface area (Å²) < 4.78 is 6.64. The Labute approximate surface area is 201 Å². The van der Waals surface area contributed by atoms with Crippen LogP contribution in [0.2, 0.25) is 0 Å². The summed E-state index contributed by atoms with van der Waals surface area (Å²) in [6, 6.07) is 41.5. The lowest BCUT2D eigenvalue weighted by molar-refractivity contribution is 0.431. The van der Waals surface area contributed by atoms with E-state index in [1.165, 1.54) is 11.1 Å². The minimum absolute atomic E-state index is 0.00206. The zero-order valence-corrected chi connectivity index (χ0v) is 19.0. The van der Waals surface area contributed by atoms with E-state index in [2.05, 4.69) is 79.4 Å². The third-order valence-electron chi connectivity index (χ3n) is 6.21. The van der Waals surface area contributed by atoms with Gasteiger partial charge in [0.15, 0.2) is 11.7 Å². The smallest absolute Gasteiger partial charge is 0.199 e. The van der Waals surface area contributed by atoms with Gasteiger partial charge >= 0.3 is 0 Å². The van der Waals surface area contributed by atoms with Crippen molar-refractivity contribution < 1.29 is 4.42 Å². The molecular formula is C32H27NO. The molecule has 5 rings (SSSR count). The van der Waals surface area contributed by atoms with Gasteiger partial charge in [0.1, 0.15) is 5.69 Å². The first-order chi connectivity index (χ1) is 16.8. The van der Waals surface area contributed by atoms with Crippen LogP contribution in [0.5, 0.6) is 0 Å². The van der Waals surface area contributed by atoms with E-state index in [-0.39, 0.29) is 11.8 Å². The molecule has 0 spiro atoms. The van der Waals surface area contributed by atoms with Gasteiger partial charge in [-0.3, -0.25) is 0 Å². The molecule has 2 unspecified atom stereocenters. The van der Waals surface area contributed by atoms with Gasteiger partial charge in [-0.05, 0) is 17.5 Å². The number of hydrogen-bond acceptors (Lipinski definition) is 2. The lowest BCUT2D eigenvalue weighted by Crippen LogP contribution is -2.13. The fourth-order valence-electron chi connectivity index (χ4n) is 4.52. The van der Waals surface area contributed by atoms with E-state index in [1.807, 2.05) is 54.6 Å². The summed E-state index contributed by atoms with van der Waals surface area (Å²) in [4.78, 5) is 5.13. The Balaban J connectivity index is 1.66. The van der Waals surface area contributed by atoms with E-state index in [1.54, 1.807) is 0 Å². The second kappa shape index (κ2) is 10.2. The lowest BCUT2D eigenvalue weighted by Gasteiger charge is -2.23. The van der Waals surface area contributed by atoms with Crippen LogP contribution in [0.3, 0.4) is 0 Å². The molecule has 34 heavy (non-hydrogen) atoms. The maximum absolute atomic E-state index is 6.64. The minimum Gasteiger partial charge on any atom is -0.440 e. The molecule has 0 bridgehead atoms. The Morgan fingerprint density at radius 2 is 1.21 bits per heavy atom.